The molecule has 1 atom stereocenters. The van der Waals surface area contributed by atoms with Crippen LogP contribution < -0.4 is 10.9 Å². The van der Waals surface area contributed by atoms with Gasteiger partial charge in [0.15, 0.2) is 11.5 Å². The molecule has 0 amide bonds. The first-order valence-electron chi connectivity index (χ1n) is 10.6. The van der Waals surface area contributed by atoms with Crippen molar-refractivity contribution < 1.29 is 4.74 Å². The summed E-state index contributed by atoms with van der Waals surface area (Å²) < 4.78 is 7.04. The molecule has 2 N–H and O–H groups in total. The maximum Gasteiger partial charge on any atom is 0.267 e. The molecule has 3 aromatic rings. The summed E-state index contributed by atoms with van der Waals surface area (Å²) in [4.78, 5) is 30.7. The third-order valence-corrected chi connectivity index (χ3v) is 5.98. The number of anilines is 1. The fraction of sp³-hybridized carbons (Fsp3) is 0.550. The van der Waals surface area contributed by atoms with Gasteiger partial charge < -0.3 is 15.0 Å². The number of ether oxygens (including phenoxy) is 1. The van der Waals surface area contributed by atoms with Gasteiger partial charge in [0, 0.05) is 37.2 Å². The quantitative estimate of drug-likeness (QED) is 0.617. The van der Waals surface area contributed by atoms with Gasteiger partial charge in [0.2, 0.25) is 0 Å². The minimum atomic E-state index is -0.0476. The average molecular weight is 410 g/mol. The largest absolute Gasteiger partial charge is 0.376 e. The van der Waals surface area contributed by atoms with Crippen LogP contribution >= 0.6 is 0 Å². The molecule has 0 bridgehead atoms. The van der Waals surface area contributed by atoms with Crippen molar-refractivity contribution in [1.82, 2.24) is 34.6 Å². The van der Waals surface area contributed by atoms with Crippen LogP contribution in [0, 0.1) is 0 Å². The Kier molecular flexibility index (Phi) is 5.41. The lowest BCUT2D eigenvalue weighted by Crippen LogP contribution is -2.46. The number of nitrogens with one attached hydrogen (secondary N) is 2. The van der Waals surface area contributed by atoms with Crippen molar-refractivity contribution >= 4 is 17.0 Å². The summed E-state index contributed by atoms with van der Waals surface area (Å²) in [6, 6.07) is 2.06. The van der Waals surface area contributed by atoms with E-state index < -0.39 is 0 Å². The van der Waals surface area contributed by atoms with Gasteiger partial charge in [0.05, 0.1) is 31.8 Å². The maximum absolute atomic E-state index is 12.4. The number of H-pyrrole nitrogens is 1. The van der Waals surface area contributed by atoms with Crippen LogP contribution in [0.25, 0.3) is 11.2 Å². The highest BCUT2D eigenvalue weighted by molar-refractivity contribution is 5.81. The summed E-state index contributed by atoms with van der Waals surface area (Å²) >= 11 is 0. The van der Waals surface area contributed by atoms with E-state index in [4.69, 9.17) is 4.74 Å². The predicted molar refractivity (Wildman–Crippen MR) is 111 cm³/mol. The molecule has 0 aliphatic carbocycles. The number of likely N-dealkylation sites (tertiary alicyclic amines) is 1. The molecule has 0 radical (unpaired) electrons. The fourth-order valence-corrected chi connectivity index (χ4v) is 4.34. The third-order valence-electron chi connectivity index (χ3n) is 5.98. The lowest BCUT2D eigenvalue weighted by Gasteiger charge is -2.36. The van der Waals surface area contributed by atoms with Gasteiger partial charge in [-0.25, -0.2) is 19.6 Å². The van der Waals surface area contributed by atoms with E-state index in [0.29, 0.717) is 31.4 Å². The first kappa shape index (κ1) is 19.1. The van der Waals surface area contributed by atoms with E-state index in [9.17, 15) is 4.79 Å². The summed E-state index contributed by atoms with van der Waals surface area (Å²) in [7, 11) is 0. The molecule has 10 heteroatoms. The van der Waals surface area contributed by atoms with Gasteiger partial charge in [0.1, 0.15) is 11.8 Å². The van der Waals surface area contributed by atoms with Gasteiger partial charge >= 0.3 is 0 Å². The molecular formula is C20H26N8O2. The molecule has 1 unspecified atom stereocenters. The van der Waals surface area contributed by atoms with Crippen LogP contribution in [0.15, 0.2) is 23.5 Å². The summed E-state index contributed by atoms with van der Waals surface area (Å²) in [5.74, 6) is 0.776. The molecule has 1 fully saturated rings. The van der Waals surface area contributed by atoms with Crippen molar-refractivity contribution in [3.05, 3.63) is 40.3 Å². The molecule has 5 rings (SSSR count). The standard InChI is InChI=1S/C20H26N8O2/c29-17-9-14-11-30-8-4-16(14)26-28(17)7-6-27-5-2-1-3-15(27)10-21-19-18-20(23-12-22-18)25-13-24-19/h9,12-13,15H,1-8,10-11H2,(H2,21,22,23,24,25). The Morgan fingerprint density at radius 2 is 2.20 bits per heavy atom. The number of hydrogen-bond donors (Lipinski definition) is 2. The van der Waals surface area contributed by atoms with Gasteiger partial charge in [-0.05, 0) is 19.4 Å². The topological polar surface area (TPSA) is 114 Å². The Morgan fingerprint density at radius 1 is 1.23 bits per heavy atom. The highest BCUT2D eigenvalue weighted by Gasteiger charge is 2.23. The minimum absolute atomic E-state index is 0.0476. The summed E-state index contributed by atoms with van der Waals surface area (Å²) in [5.41, 5.74) is 3.36. The van der Waals surface area contributed by atoms with Crippen LogP contribution in [0.2, 0.25) is 0 Å². The normalized spacial score (nSPS) is 19.7. The summed E-state index contributed by atoms with van der Waals surface area (Å²) in [6.07, 6.45) is 7.44. The van der Waals surface area contributed by atoms with E-state index in [0.717, 1.165) is 55.1 Å². The second-order valence-corrected chi connectivity index (χ2v) is 7.87. The molecule has 30 heavy (non-hydrogen) atoms. The molecule has 0 saturated carbocycles. The zero-order valence-electron chi connectivity index (χ0n) is 16.9. The molecule has 2 aliphatic heterocycles. The van der Waals surface area contributed by atoms with E-state index >= 15 is 0 Å². The third kappa shape index (κ3) is 3.92. The minimum Gasteiger partial charge on any atom is -0.376 e. The zero-order chi connectivity index (χ0) is 20.3. The van der Waals surface area contributed by atoms with Crippen LogP contribution in [0.5, 0.6) is 0 Å². The predicted octanol–water partition coefficient (Wildman–Crippen LogP) is 0.949. The number of piperidine rings is 1. The number of hydrogen-bond acceptors (Lipinski definition) is 8. The lowest BCUT2D eigenvalue weighted by atomic mass is 10.0. The van der Waals surface area contributed by atoms with E-state index in [-0.39, 0.29) is 5.56 Å². The molecular weight excluding hydrogens is 384 g/mol. The highest BCUT2D eigenvalue weighted by Crippen LogP contribution is 2.20. The number of fused-ring (bicyclic) bond motifs is 2. The van der Waals surface area contributed by atoms with Crippen LogP contribution in [-0.2, 0) is 24.3 Å². The number of aromatic nitrogens is 6. The SMILES string of the molecule is O=c1cc2c(nn1CCN1CCCCC1CNc1ncnc3nc[nH]c13)CCOC2. The van der Waals surface area contributed by atoms with E-state index in [1.165, 1.54) is 19.2 Å². The highest BCUT2D eigenvalue weighted by atomic mass is 16.5. The Hall–Kier alpha value is -2.85. The number of imidazole rings is 1. The smallest absolute Gasteiger partial charge is 0.267 e. The van der Waals surface area contributed by atoms with Crippen molar-refractivity contribution in [2.45, 2.75) is 44.9 Å². The number of nitrogens with zero attached hydrogens (tertiary/aromatic N) is 6. The molecule has 10 nitrogen and oxygen atoms in total. The molecule has 0 aromatic carbocycles. The monoisotopic (exact) mass is 410 g/mol. The van der Waals surface area contributed by atoms with Crippen molar-refractivity contribution in [3.63, 3.8) is 0 Å². The molecule has 3 aromatic heterocycles. The van der Waals surface area contributed by atoms with Crippen molar-refractivity contribution in [2.75, 3.05) is 31.6 Å². The number of aromatic amines is 1. The van der Waals surface area contributed by atoms with Crippen molar-refractivity contribution in [2.24, 2.45) is 0 Å². The van der Waals surface area contributed by atoms with Gasteiger partial charge in [0.25, 0.3) is 5.56 Å². The van der Waals surface area contributed by atoms with E-state index in [1.54, 1.807) is 17.1 Å². The molecule has 5 heterocycles. The molecule has 1 saturated heterocycles. The van der Waals surface area contributed by atoms with E-state index in [2.05, 4.69) is 35.3 Å². The molecule has 0 spiro atoms. The number of rotatable bonds is 6. The van der Waals surface area contributed by atoms with Crippen molar-refractivity contribution in [1.29, 1.82) is 0 Å². The zero-order valence-corrected chi connectivity index (χ0v) is 16.9. The first-order chi connectivity index (χ1) is 14.8. The van der Waals surface area contributed by atoms with Gasteiger partial charge in [-0.15, -0.1) is 0 Å². The van der Waals surface area contributed by atoms with Gasteiger partial charge in [-0.1, -0.05) is 6.42 Å². The van der Waals surface area contributed by atoms with Gasteiger partial charge in [-0.3, -0.25) is 9.69 Å². The Balaban J connectivity index is 1.24. The Bertz CT molecular complexity index is 1080. The van der Waals surface area contributed by atoms with Gasteiger partial charge in [-0.2, -0.15) is 5.10 Å². The fourth-order valence-electron chi connectivity index (χ4n) is 4.34. The summed E-state index contributed by atoms with van der Waals surface area (Å²) in [5, 5.41) is 8.06. The second kappa shape index (κ2) is 8.49. The van der Waals surface area contributed by atoms with Crippen molar-refractivity contribution in [3.8, 4) is 0 Å². The Morgan fingerprint density at radius 3 is 3.17 bits per heavy atom. The second-order valence-electron chi connectivity index (χ2n) is 7.87. The maximum atomic E-state index is 12.4. The Labute approximate surface area is 173 Å². The summed E-state index contributed by atoms with van der Waals surface area (Å²) in [6.45, 7) is 4.38. The van der Waals surface area contributed by atoms with E-state index in [1.807, 2.05) is 0 Å². The first-order valence-corrected chi connectivity index (χ1v) is 10.6. The molecule has 2 aliphatic rings. The average Bonchev–Trinajstić information content (AvgIpc) is 3.26. The lowest BCUT2D eigenvalue weighted by molar-refractivity contribution is 0.107. The van der Waals surface area contributed by atoms with Crippen LogP contribution in [0.3, 0.4) is 0 Å². The molecule has 158 valence electrons. The van der Waals surface area contributed by atoms with Crippen LogP contribution in [0.1, 0.15) is 30.5 Å². The van der Waals surface area contributed by atoms with Crippen LogP contribution in [-0.4, -0.2) is 66.9 Å². The van der Waals surface area contributed by atoms with Crippen LogP contribution in [0.4, 0.5) is 5.82 Å².